The lowest BCUT2D eigenvalue weighted by Crippen LogP contribution is -2.17. The molecule has 1 N–H and O–H groups in total. The summed E-state index contributed by atoms with van der Waals surface area (Å²) >= 11 is 0. The van der Waals surface area contributed by atoms with Crippen molar-refractivity contribution in [3.05, 3.63) is 48.2 Å². The van der Waals surface area contributed by atoms with E-state index in [4.69, 9.17) is 0 Å². The van der Waals surface area contributed by atoms with Gasteiger partial charge in [0.1, 0.15) is 0 Å². The number of fused-ring (bicyclic) bond motifs is 1. The minimum Gasteiger partial charge on any atom is -0.343 e. The zero-order chi connectivity index (χ0) is 13.7. The van der Waals surface area contributed by atoms with Crippen LogP contribution in [0.25, 0.3) is 10.9 Å². The second-order valence-corrected chi connectivity index (χ2v) is 5.23. The number of hydrogen-bond acceptors (Lipinski definition) is 1. The molecule has 2 aromatic rings. The molecule has 1 aromatic carbocycles. The second-order valence-electron chi connectivity index (χ2n) is 5.23. The van der Waals surface area contributed by atoms with E-state index in [1.807, 2.05) is 0 Å². The van der Waals surface area contributed by atoms with Crippen LogP contribution in [0.3, 0.4) is 0 Å². The minimum absolute atomic E-state index is 0.943. The maximum atomic E-state index is 4.01. The standard InChI is InChI=1S/C17H24N2/c1-4-10-18-13-16-12-15-7-5-6-8-17(15)19(16)11-9-14(2)3/h5-8,12,18H,2,4,9-11,13H2,1,3H3. The highest BCUT2D eigenvalue weighted by atomic mass is 15.0. The fourth-order valence-corrected chi connectivity index (χ4v) is 2.37. The first-order chi connectivity index (χ1) is 9.22. The zero-order valence-electron chi connectivity index (χ0n) is 12.1. The van der Waals surface area contributed by atoms with E-state index in [1.165, 1.54) is 28.6 Å². The normalized spacial score (nSPS) is 11.1. The average molecular weight is 256 g/mol. The molecule has 0 saturated heterocycles. The molecule has 0 spiro atoms. The summed E-state index contributed by atoms with van der Waals surface area (Å²) in [6.07, 6.45) is 2.21. The first kappa shape index (κ1) is 13.9. The number of aryl methyl sites for hydroxylation is 1. The number of para-hydroxylation sites is 1. The number of nitrogens with zero attached hydrogens (tertiary/aromatic N) is 1. The number of rotatable bonds is 7. The van der Waals surface area contributed by atoms with E-state index in [1.54, 1.807) is 0 Å². The van der Waals surface area contributed by atoms with Gasteiger partial charge in [0.05, 0.1) is 0 Å². The van der Waals surface area contributed by atoms with Gasteiger partial charge < -0.3 is 9.88 Å². The third-order valence-corrected chi connectivity index (χ3v) is 3.39. The molecule has 2 heteroatoms. The smallest absolute Gasteiger partial charge is 0.0483 e. The van der Waals surface area contributed by atoms with Gasteiger partial charge in [0, 0.05) is 24.3 Å². The van der Waals surface area contributed by atoms with Crippen LogP contribution in [0.15, 0.2) is 42.5 Å². The van der Waals surface area contributed by atoms with Gasteiger partial charge in [-0.1, -0.05) is 30.7 Å². The topological polar surface area (TPSA) is 17.0 Å². The number of benzene rings is 1. The molecule has 0 aliphatic rings. The van der Waals surface area contributed by atoms with Crippen LogP contribution in [-0.2, 0) is 13.1 Å². The Morgan fingerprint density at radius 3 is 2.84 bits per heavy atom. The largest absolute Gasteiger partial charge is 0.343 e. The molecule has 0 aliphatic carbocycles. The van der Waals surface area contributed by atoms with Crippen LogP contribution in [0, 0.1) is 0 Å². The monoisotopic (exact) mass is 256 g/mol. The fraction of sp³-hybridized carbons (Fsp3) is 0.412. The zero-order valence-corrected chi connectivity index (χ0v) is 12.1. The molecule has 0 aliphatic heterocycles. The van der Waals surface area contributed by atoms with Gasteiger partial charge in [0.15, 0.2) is 0 Å². The van der Waals surface area contributed by atoms with Crippen molar-refractivity contribution in [1.82, 2.24) is 9.88 Å². The summed E-state index contributed by atoms with van der Waals surface area (Å²) in [6, 6.07) is 10.9. The third kappa shape index (κ3) is 3.48. The van der Waals surface area contributed by atoms with Crippen LogP contribution >= 0.6 is 0 Å². The lowest BCUT2D eigenvalue weighted by molar-refractivity contribution is 0.614. The molecule has 0 unspecified atom stereocenters. The van der Waals surface area contributed by atoms with Gasteiger partial charge in [0.2, 0.25) is 0 Å². The molecule has 0 atom stereocenters. The lowest BCUT2D eigenvalue weighted by atomic mass is 10.2. The van der Waals surface area contributed by atoms with Crippen molar-refractivity contribution in [2.45, 2.75) is 39.8 Å². The SMILES string of the molecule is C=C(C)CCn1c(CNCCC)cc2ccccc21. The van der Waals surface area contributed by atoms with Crippen molar-refractivity contribution in [3.63, 3.8) is 0 Å². The Morgan fingerprint density at radius 1 is 1.32 bits per heavy atom. The molecule has 1 heterocycles. The molecule has 0 radical (unpaired) electrons. The summed E-state index contributed by atoms with van der Waals surface area (Å²) in [5, 5.41) is 4.83. The molecule has 0 saturated carbocycles. The maximum Gasteiger partial charge on any atom is 0.0483 e. The first-order valence-electron chi connectivity index (χ1n) is 7.14. The van der Waals surface area contributed by atoms with Gasteiger partial charge in [-0.05, 0) is 43.8 Å². The van der Waals surface area contributed by atoms with Crippen LogP contribution in [0.2, 0.25) is 0 Å². The van der Waals surface area contributed by atoms with Gasteiger partial charge in [0.25, 0.3) is 0 Å². The number of hydrogen-bond donors (Lipinski definition) is 1. The molecule has 0 fully saturated rings. The van der Waals surface area contributed by atoms with E-state index in [2.05, 4.69) is 60.6 Å². The number of aromatic nitrogens is 1. The Balaban J connectivity index is 2.26. The van der Waals surface area contributed by atoms with Crippen LogP contribution in [0.5, 0.6) is 0 Å². The van der Waals surface area contributed by atoms with Crippen molar-refractivity contribution in [2.75, 3.05) is 6.54 Å². The van der Waals surface area contributed by atoms with Gasteiger partial charge in [-0.25, -0.2) is 0 Å². The Kier molecular flexibility index (Phi) is 4.80. The second kappa shape index (κ2) is 6.58. The molecule has 0 bridgehead atoms. The molecule has 102 valence electrons. The summed E-state index contributed by atoms with van der Waals surface area (Å²) in [5.41, 5.74) is 3.94. The highest BCUT2D eigenvalue weighted by molar-refractivity contribution is 5.81. The van der Waals surface area contributed by atoms with Crippen LogP contribution in [-0.4, -0.2) is 11.1 Å². The Labute approximate surface area is 116 Å². The molecular formula is C17H24N2. The van der Waals surface area contributed by atoms with E-state index >= 15 is 0 Å². The predicted octanol–water partition coefficient (Wildman–Crippen LogP) is 4.11. The van der Waals surface area contributed by atoms with Crippen molar-refractivity contribution in [3.8, 4) is 0 Å². The van der Waals surface area contributed by atoms with Gasteiger partial charge in [-0.15, -0.1) is 6.58 Å². The van der Waals surface area contributed by atoms with E-state index in [9.17, 15) is 0 Å². The number of allylic oxidation sites excluding steroid dienone is 1. The van der Waals surface area contributed by atoms with E-state index in [0.29, 0.717) is 0 Å². The summed E-state index contributed by atoms with van der Waals surface area (Å²) in [7, 11) is 0. The molecule has 19 heavy (non-hydrogen) atoms. The van der Waals surface area contributed by atoms with E-state index in [-0.39, 0.29) is 0 Å². The van der Waals surface area contributed by atoms with Crippen LogP contribution in [0.1, 0.15) is 32.4 Å². The summed E-state index contributed by atoms with van der Waals surface area (Å²) in [4.78, 5) is 0. The number of nitrogens with one attached hydrogen (secondary N) is 1. The molecule has 0 amide bonds. The van der Waals surface area contributed by atoms with E-state index < -0.39 is 0 Å². The van der Waals surface area contributed by atoms with Crippen LogP contribution in [0.4, 0.5) is 0 Å². The van der Waals surface area contributed by atoms with Crippen molar-refractivity contribution in [2.24, 2.45) is 0 Å². The van der Waals surface area contributed by atoms with Crippen molar-refractivity contribution < 1.29 is 0 Å². The molecule has 2 rings (SSSR count). The Hall–Kier alpha value is -1.54. The Morgan fingerprint density at radius 2 is 2.11 bits per heavy atom. The maximum absolute atomic E-state index is 4.01. The van der Waals surface area contributed by atoms with Gasteiger partial charge >= 0.3 is 0 Å². The lowest BCUT2D eigenvalue weighted by Gasteiger charge is -2.11. The third-order valence-electron chi connectivity index (χ3n) is 3.39. The molecule has 1 aromatic heterocycles. The summed E-state index contributed by atoms with van der Waals surface area (Å²) < 4.78 is 2.42. The van der Waals surface area contributed by atoms with Crippen LogP contribution < -0.4 is 5.32 Å². The highest BCUT2D eigenvalue weighted by Gasteiger charge is 2.07. The predicted molar refractivity (Wildman–Crippen MR) is 83.4 cm³/mol. The highest BCUT2D eigenvalue weighted by Crippen LogP contribution is 2.21. The Bertz CT molecular complexity index is 551. The molecule has 2 nitrogen and oxygen atoms in total. The minimum atomic E-state index is 0.943. The quantitative estimate of drug-likeness (QED) is 0.583. The van der Waals surface area contributed by atoms with E-state index in [0.717, 1.165) is 26.1 Å². The fourth-order valence-electron chi connectivity index (χ4n) is 2.37. The summed E-state index contributed by atoms with van der Waals surface area (Å²) in [5.74, 6) is 0. The molecular weight excluding hydrogens is 232 g/mol. The average Bonchev–Trinajstić information content (AvgIpc) is 2.74. The van der Waals surface area contributed by atoms with Gasteiger partial charge in [-0.2, -0.15) is 0 Å². The first-order valence-corrected chi connectivity index (χ1v) is 7.14. The van der Waals surface area contributed by atoms with Gasteiger partial charge in [-0.3, -0.25) is 0 Å². The van der Waals surface area contributed by atoms with Crippen molar-refractivity contribution >= 4 is 10.9 Å². The summed E-state index contributed by atoms with van der Waals surface area (Å²) in [6.45, 7) is 11.3. The van der Waals surface area contributed by atoms with Crippen molar-refractivity contribution in [1.29, 1.82) is 0 Å².